The summed E-state index contributed by atoms with van der Waals surface area (Å²) in [5.41, 5.74) is 1.17. The molecule has 0 saturated carbocycles. The molecule has 1 aliphatic heterocycles. The lowest BCUT2D eigenvalue weighted by atomic mass is 10.2. The Hall–Kier alpha value is -2.50. The number of nitrogens with zero attached hydrogens (tertiary/aromatic N) is 4. The van der Waals surface area contributed by atoms with Gasteiger partial charge in [0.05, 0.1) is 7.11 Å². The van der Waals surface area contributed by atoms with Crippen LogP contribution in [0.4, 0.5) is 5.69 Å². The average molecular weight is 328 g/mol. The van der Waals surface area contributed by atoms with Crippen LogP contribution in [0.3, 0.4) is 0 Å². The Bertz CT molecular complexity index is 654. The van der Waals surface area contributed by atoms with Crippen LogP contribution in [0.1, 0.15) is 19.4 Å². The zero-order valence-electron chi connectivity index (χ0n) is 14.3. The van der Waals surface area contributed by atoms with E-state index in [1.807, 2.05) is 36.2 Å². The van der Waals surface area contributed by atoms with Gasteiger partial charge in [0.25, 0.3) is 0 Å². The monoisotopic (exact) mass is 328 g/mol. The Labute approximate surface area is 142 Å². The van der Waals surface area contributed by atoms with Crippen molar-refractivity contribution in [3.05, 3.63) is 42.7 Å². The van der Waals surface area contributed by atoms with E-state index in [1.165, 1.54) is 5.69 Å². The van der Waals surface area contributed by atoms with Gasteiger partial charge in [-0.05, 0) is 43.7 Å². The molecule has 0 spiro atoms. The maximum absolute atomic E-state index is 12.7. The lowest BCUT2D eigenvalue weighted by molar-refractivity contribution is -0.134. The highest BCUT2D eigenvalue weighted by Crippen LogP contribution is 2.21. The first kappa shape index (κ1) is 16.4. The second-order valence-corrected chi connectivity index (χ2v) is 6.03. The van der Waals surface area contributed by atoms with Crippen molar-refractivity contribution < 1.29 is 9.53 Å². The average Bonchev–Trinajstić information content (AvgIpc) is 3.05. The Morgan fingerprint density at radius 2 is 1.96 bits per heavy atom. The molecule has 0 N–H and O–H groups in total. The molecule has 1 fully saturated rings. The van der Waals surface area contributed by atoms with Crippen molar-refractivity contribution in [3.63, 3.8) is 0 Å². The van der Waals surface area contributed by atoms with Crippen LogP contribution in [-0.4, -0.2) is 53.9 Å². The third-order valence-electron chi connectivity index (χ3n) is 4.52. The van der Waals surface area contributed by atoms with E-state index in [2.05, 4.69) is 22.1 Å². The van der Waals surface area contributed by atoms with Gasteiger partial charge in [-0.15, -0.1) is 0 Å². The molecule has 128 valence electrons. The topological polar surface area (TPSA) is 50.6 Å². The Morgan fingerprint density at radius 3 is 2.62 bits per heavy atom. The summed E-state index contributed by atoms with van der Waals surface area (Å²) in [7, 11) is 1.67. The molecule has 3 rings (SSSR count). The number of hydrogen-bond acceptors (Lipinski definition) is 4. The summed E-state index contributed by atoms with van der Waals surface area (Å²) in [6, 6.07) is 9.68. The molecule has 1 aromatic heterocycles. The maximum Gasteiger partial charge on any atom is 0.247 e. The molecule has 1 aromatic carbocycles. The summed E-state index contributed by atoms with van der Waals surface area (Å²) in [4.78, 5) is 17.0. The number of anilines is 1. The van der Waals surface area contributed by atoms with Crippen LogP contribution in [0.15, 0.2) is 42.7 Å². The molecular formula is C18H24N4O2. The highest BCUT2D eigenvalue weighted by Gasteiger charge is 2.24. The Morgan fingerprint density at radius 1 is 1.17 bits per heavy atom. The quantitative estimate of drug-likeness (QED) is 0.863. The molecule has 2 aromatic rings. The third kappa shape index (κ3) is 3.53. The van der Waals surface area contributed by atoms with Gasteiger partial charge in [0.1, 0.15) is 11.8 Å². The van der Waals surface area contributed by atoms with Gasteiger partial charge in [0.2, 0.25) is 5.91 Å². The lowest BCUT2D eigenvalue weighted by Gasteiger charge is -2.25. The molecule has 0 aliphatic carbocycles. The largest absolute Gasteiger partial charge is 0.497 e. The van der Waals surface area contributed by atoms with Crippen molar-refractivity contribution in [2.75, 3.05) is 38.2 Å². The van der Waals surface area contributed by atoms with Crippen molar-refractivity contribution in [2.45, 2.75) is 19.4 Å². The molecule has 1 atom stereocenters. The first-order valence-electron chi connectivity index (χ1n) is 8.36. The van der Waals surface area contributed by atoms with Crippen LogP contribution in [-0.2, 0) is 4.79 Å². The predicted octanol–water partition coefficient (Wildman–Crippen LogP) is 2.19. The van der Waals surface area contributed by atoms with Crippen molar-refractivity contribution in [3.8, 4) is 5.75 Å². The first-order chi connectivity index (χ1) is 11.7. The normalized spacial score (nSPS) is 16.6. The predicted molar refractivity (Wildman–Crippen MR) is 93.3 cm³/mol. The van der Waals surface area contributed by atoms with Crippen molar-refractivity contribution in [1.82, 2.24) is 14.7 Å². The molecular weight excluding hydrogens is 304 g/mol. The highest BCUT2D eigenvalue weighted by atomic mass is 16.5. The van der Waals surface area contributed by atoms with Gasteiger partial charge in [-0.25, -0.2) is 0 Å². The molecule has 1 saturated heterocycles. The molecule has 1 amide bonds. The van der Waals surface area contributed by atoms with Gasteiger partial charge >= 0.3 is 0 Å². The summed E-state index contributed by atoms with van der Waals surface area (Å²) in [6.07, 6.45) is 4.51. The van der Waals surface area contributed by atoms with Crippen LogP contribution in [0.5, 0.6) is 5.75 Å². The minimum absolute atomic E-state index is 0.135. The van der Waals surface area contributed by atoms with Crippen LogP contribution in [0.2, 0.25) is 0 Å². The fraction of sp³-hybridized carbons (Fsp3) is 0.444. The molecule has 0 bridgehead atoms. The van der Waals surface area contributed by atoms with Gasteiger partial charge in [0, 0.05) is 44.3 Å². The van der Waals surface area contributed by atoms with Gasteiger partial charge in [-0.1, -0.05) is 0 Å². The van der Waals surface area contributed by atoms with E-state index in [-0.39, 0.29) is 11.9 Å². The summed E-state index contributed by atoms with van der Waals surface area (Å²) in [5, 5.41) is 4.18. The van der Waals surface area contributed by atoms with Crippen molar-refractivity contribution in [1.29, 1.82) is 0 Å². The van der Waals surface area contributed by atoms with E-state index in [0.29, 0.717) is 0 Å². The standard InChI is InChI=1S/C18H24N4O2/c1-15(22-12-3-9-19-22)18(23)21-11-4-10-20(13-14-21)16-5-7-17(24-2)8-6-16/h3,5-9,12,15H,4,10-11,13-14H2,1-2H3/t15-/m1/s1. The molecule has 2 heterocycles. The van der Waals surface area contributed by atoms with Crippen molar-refractivity contribution in [2.24, 2.45) is 0 Å². The number of amides is 1. The summed E-state index contributed by atoms with van der Waals surface area (Å²) in [5.74, 6) is 0.994. The number of benzene rings is 1. The zero-order valence-corrected chi connectivity index (χ0v) is 14.3. The second kappa shape index (κ2) is 7.38. The van der Waals surface area contributed by atoms with Crippen molar-refractivity contribution >= 4 is 11.6 Å². The van der Waals surface area contributed by atoms with Crippen LogP contribution in [0.25, 0.3) is 0 Å². The van der Waals surface area contributed by atoms with E-state index < -0.39 is 0 Å². The van der Waals surface area contributed by atoms with Gasteiger partial charge in [-0.2, -0.15) is 5.10 Å². The second-order valence-electron chi connectivity index (χ2n) is 6.03. The number of carbonyl (C=O) groups excluding carboxylic acids is 1. The fourth-order valence-electron chi connectivity index (χ4n) is 3.08. The van der Waals surface area contributed by atoms with Crippen LogP contribution < -0.4 is 9.64 Å². The fourth-order valence-corrected chi connectivity index (χ4v) is 3.08. The number of carbonyl (C=O) groups is 1. The number of methoxy groups -OCH3 is 1. The third-order valence-corrected chi connectivity index (χ3v) is 4.52. The molecule has 0 unspecified atom stereocenters. The lowest BCUT2D eigenvalue weighted by Crippen LogP contribution is -2.39. The molecule has 24 heavy (non-hydrogen) atoms. The Balaban J connectivity index is 1.63. The molecule has 1 aliphatic rings. The summed E-state index contributed by atoms with van der Waals surface area (Å²) < 4.78 is 6.93. The van der Waals surface area contributed by atoms with E-state index in [1.54, 1.807) is 18.0 Å². The summed E-state index contributed by atoms with van der Waals surface area (Å²) >= 11 is 0. The first-order valence-corrected chi connectivity index (χ1v) is 8.36. The zero-order chi connectivity index (χ0) is 16.9. The van der Waals surface area contributed by atoms with Gasteiger partial charge in [-0.3, -0.25) is 9.48 Å². The van der Waals surface area contributed by atoms with Gasteiger partial charge in [0.15, 0.2) is 0 Å². The minimum Gasteiger partial charge on any atom is -0.497 e. The summed E-state index contributed by atoms with van der Waals surface area (Å²) in [6.45, 7) is 5.21. The SMILES string of the molecule is COc1ccc(N2CCCN(C(=O)[C@@H](C)n3cccn3)CC2)cc1. The van der Waals surface area contributed by atoms with Crippen LogP contribution >= 0.6 is 0 Å². The molecule has 6 heteroatoms. The smallest absolute Gasteiger partial charge is 0.247 e. The number of rotatable bonds is 4. The van der Waals surface area contributed by atoms with E-state index in [0.717, 1.165) is 38.3 Å². The van der Waals surface area contributed by atoms with E-state index in [4.69, 9.17) is 4.74 Å². The van der Waals surface area contributed by atoms with E-state index in [9.17, 15) is 4.79 Å². The molecule has 6 nitrogen and oxygen atoms in total. The maximum atomic E-state index is 12.7. The highest BCUT2D eigenvalue weighted by molar-refractivity contribution is 5.80. The van der Waals surface area contributed by atoms with E-state index >= 15 is 0 Å². The van der Waals surface area contributed by atoms with Gasteiger partial charge < -0.3 is 14.5 Å². The molecule has 0 radical (unpaired) electrons. The minimum atomic E-state index is -0.257. The Kier molecular flexibility index (Phi) is 5.03. The number of hydrogen-bond donors (Lipinski definition) is 0. The number of ether oxygens (including phenoxy) is 1. The van der Waals surface area contributed by atoms with Crippen LogP contribution in [0, 0.1) is 0 Å². The number of aromatic nitrogens is 2.